The van der Waals surface area contributed by atoms with E-state index < -0.39 is 11.2 Å². The first-order valence-corrected chi connectivity index (χ1v) is 3.57. The third-order valence-corrected chi connectivity index (χ3v) is 1.56. The molecule has 0 saturated heterocycles. The zero-order valence-electron chi connectivity index (χ0n) is 6.91. The summed E-state index contributed by atoms with van der Waals surface area (Å²) in [5.74, 6) is -0.102. The molecule has 0 saturated carbocycles. The molecule has 0 unspecified atom stereocenters. The van der Waals surface area contributed by atoms with Crippen LogP contribution in [0, 0.1) is 0 Å². The highest BCUT2D eigenvalue weighted by Crippen LogP contribution is 1.98. The van der Waals surface area contributed by atoms with Crippen molar-refractivity contribution in [1.29, 1.82) is 0 Å². The summed E-state index contributed by atoms with van der Waals surface area (Å²) in [5, 5.41) is 0. The Hall–Kier alpha value is -1.98. The van der Waals surface area contributed by atoms with Gasteiger partial charge in [-0.25, -0.2) is 4.79 Å². The van der Waals surface area contributed by atoms with Gasteiger partial charge in [-0.3, -0.25) is 14.3 Å². The van der Waals surface area contributed by atoms with E-state index in [2.05, 4.69) is 11.6 Å². The van der Waals surface area contributed by atoms with Crippen molar-refractivity contribution in [3.63, 3.8) is 0 Å². The lowest BCUT2D eigenvalue weighted by molar-refractivity contribution is 0.720. The molecule has 0 aliphatic carbocycles. The van der Waals surface area contributed by atoms with Crippen LogP contribution in [0.25, 0.3) is 0 Å². The monoisotopic (exact) mass is 182 g/mol. The number of nitrogens with one attached hydrogen (secondary N) is 1. The van der Waals surface area contributed by atoms with Gasteiger partial charge >= 0.3 is 5.69 Å². The molecule has 1 aromatic heterocycles. The minimum atomic E-state index is -0.596. The molecule has 0 spiro atoms. The minimum absolute atomic E-state index is 0.102. The summed E-state index contributed by atoms with van der Waals surface area (Å²) in [7, 11) is 0. The molecule has 0 amide bonds. The fourth-order valence-corrected chi connectivity index (χ4v) is 0.898. The highest BCUT2D eigenvalue weighted by Gasteiger charge is 2.06. The van der Waals surface area contributed by atoms with Crippen LogP contribution in [-0.2, 0) is 6.54 Å². The van der Waals surface area contributed by atoms with Gasteiger partial charge in [-0.15, -0.1) is 6.58 Å². The number of anilines is 2. The molecule has 0 aliphatic rings. The van der Waals surface area contributed by atoms with Gasteiger partial charge in [0, 0.05) is 6.54 Å². The summed E-state index contributed by atoms with van der Waals surface area (Å²) in [6.07, 6.45) is 1.42. The SMILES string of the molecule is C=CCn1c(=O)[nH]c(N)c(N)c1=O. The van der Waals surface area contributed by atoms with Crippen LogP contribution in [0.2, 0.25) is 0 Å². The summed E-state index contributed by atoms with van der Waals surface area (Å²) < 4.78 is 0.915. The van der Waals surface area contributed by atoms with Crippen molar-refractivity contribution in [3.8, 4) is 0 Å². The van der Waals surface area contributed by atoms with Crippen molar-refractivity contribution in [2.24, 2.45) is 0 Å². The molecule has 0 aliphatic heterocycles. The summed E-state index contributed by atoms with van der Waals surface area (Å²) in [4.78, 5) is 24.7. The van der Waals surface area contributed by atoms with Gasteiger partial charge in [0.25, 0.3) is 5.56 Å². The van der Waals surface area contributed by atoms with Crippen LogP contribution in [0.4, 0.5) is 11.5 Å². The summed E-state index contributed by atoms with van der Waals surface area (Å²) in [6, 6.07) is 0. The van der Waals surface area contributed by atoms with Crippen LogP contribution in [-0.4, -0.2) is 9.55 Å². The fourth-order valence-electron chi connectivity index (χ4n) is 0.898. The Bertz CT molecular complexity index is 443. The lowest BCUT2D eigenvalue weighted by Gasteiger charge is -2.03. The average molecular weight is 182 g/mol. The smallest absolute Gasteiger partial charge is 0.330 e. The Kier molecular flexibility index (Phi) is 2.23. The standard InChI is InChI=1S/C7H10N4O2/c1-2-3-11-6(12)4(8)5(9)10-7(11)13/h2H,1,3,8-9H2,(H,10,13). The number of hydrogen-bond donors (Lipinski definition) is 3. The van der Waals surface area contributed by atoms with Gasteiger partial charge in [0.05, 0.1) is 0 Å². The molecular weight excluding hydrogens is 172 g/mol. The number of nitrogens with zero attached hydrogens (tertiary/aromatic N) is 1. The highest BCUT2D eigenvalue weighted by atomic mass is 16.2. The summed E-state index contributed by atoms with van der Waals surface area (Å²) >= 11 is 0. The van der Waals surface area contributed by atoms with E-state index in [1.807, 2.05) is 0 Å². The maximum Gasteiger partial charge on any atom is 0.330 e. The molecule has 13 heavy (non-hydrogen) atoms. The number of nitrogen functional groups attached to an aromatic ring is 2. The van der Waals surface area contributed by atoms with Crippen LogP contribution in [0.1, 0.15) is 0 Å². The van der Waals surface area contributed by atoms with Crippen molar-refractivity contribution in [1.82, 2.24) is 9.55 Å². The normalized spacial score (nSPS) is 9.85. The zero-order valence-corrected chi connectivity index (χ0v) is 6.91. The van der Waals surface area contributed by atoms with E-state index in [0.717, 1.165) is 4.57 Å². The topological polar surface area (TPSA) is 107 Å². The molecule has 0 radical (unpaired) electrons. The molecule has 0 fully saturated rings. The van der Waals surface area contributed by atoms with E-state index in [9.17, 15) is 9.59 Å². The van der Waals surface area contributed by atoms with Crippen LogP contribution in [0.3, 0.4) is 0 Å². The number of allylic oxidation sites excluding steroid dienone is 1. The van der Waals surface area contributed by atoms with Gasteiger partial charge in [-0.2, -0.15) is 0 Å². The molecule has 6 heteroatoms. The van der Waals surface area contributed by atoms with Crippen LogP contribution >= 0.6 is 0 Å². The van der Waals surface area contributed by atoms with E-state index in [1.165, 1.54) is 6.08 Å². The van der Waals surface area contributed by atoms with Gasteiger partial charge in [-0.05, 0) is 0 Å². The van der Waals surface area contributed by atoms with E-state index in [1.54, 1.807) is 0 Å². The fraction of sp³-hybridized carbons (Fsp3) is 0.143. The number of aromatic nitrogens is 2. The first-order valence-electron chi connectivity index (χ1n) is 3.57. The van der Waals surface area contributed by atoms with Crippen molar-refractivity contribution < 1.29 is 0 Å². The number of H-pyrrole nitrogens is 1. The van der Waals surface area contributed by atoms with E-state index in [4.69, 9.17) is 11.5 Å². The van der Waals surface area contributed by atoms with Crippen molar-refractivity contribution in [3.05, 3.63) is 33.5 Å². The Morgan fingerprint density at radius 2 is 2.08 bits per heavy atom. The zero-order chi connectivity index (χ0) is 10.0. The largest absolute Gasteiger partial charge is 0.391 e. The summed E-state index contributed by atoms with van der Waals surface area (Å²) in [6.45, 7) is 3.52. The number of rotatable bonds is 2. The Labute approximate surface area is 73.5 Å². The van der Waals surface area contributed by atoms with Gasteiger partial charge in [0.1, 0.15) is 11.5 Å². The van der Waals surface area contributed by atoms with Crippen LogP contribution in [0.5, 0.6) is 0 Å². The highest BCUT2D eigenvalue weighted by molar-refractivity contribution is 5.55. The maximum atomic E-state index is 11.3. The van der Waals surface area contributed by atoms with Gasteiger partial charge in [0.2, 0.25) is 0 Å². The molecule has 1 aromatic rings. The van der Waals surface area contributed by atoms with E-state index in [-0.39, 0.29) is 18.1 Å². The Balaban J connectivity index is 3.53. The second-order valence-corrected chi connectivity index (χ2v) is 2.46. The van der Waals surface area contributed by atoms with Gasteiger partial charge < -0.3 is 11.5 Å². The molecule has 1 rings (SSSR count). The third kappa shape index (κ3) is 1.46. The molecule has 1 heterocycles. The molecule has 0 aromatic carbocycles. The molecule has 5 N–H and O–H groups in total. The molecule has 0 bridgehead atoms. The molecule has 70 valence electrons. The van der Waals surface area contributed by atoms with Gasteiger partial charge in [-0.1, -0.05) is 6.08 Å². The van der Waals surface area contributed by atoms with Crippen molar-refractivity contribution in [2.45, 2.75) is 6.54 Å². The quantitative estimate of drug-likeness (QED) is 0.504. The second-order valence-electron chi connectivity index (χ2n) is 2.46. The first-order chi connectivity index (χ1) is 6.07. The third-order valence-electron chi connectivity index (χ3n) is 1.56. The maximum absolute atomic E-state index is 11.3. The predicted octanol–water partition coefficient (Wildman–Crippen LogP) is -1.11. The number of nitrogens with two attached hydrogens (primary N) is 2. The van der Waals surface area contributed by atoms with E-state index in [0.29, 0.717) is 0 Å². The Morgan fingerprint density at radius 3 is 2.62 bits per heavy atom. The van der Waals surface area contributed by atoms with Gasteiger partial charge in [0.15, 0.2) is 0 Å². The minimum Gasteiger partial charge on any atom is -0.391 e. The summed E-state index contributed by atoms with van der Waals surface area (Å²) in [5.41, 5.74) is 9.25. The van der Waals surface area contributed by atoms with Crippen LogP contribution < -0.4 is 22.7 Å². The molecule has 6 nitrogen and oxygen atoms in total. The number of aromatic amines is 1. The first kappa shape index (κ1) is 9.11. The average Bonchev–Trinajstić information content (AvgIpc) is 2.09. The van der Waals surface area contributed by atoms with Crippen LogP contribution in [0.15, 0.2) is 22.2 Å². The molecule has 0 atom stereocenters. The lowest BCUT2D eigenvalue weighted by atomic mass is 10.4. The van der Waals surface area contributed by atoms with Crippen molar-refractivity contribution >= 4 is 11.5 Å². The second kappa shape index (κ2) is 3.18. The predicted molar refractivity (Wildman–Crippen MR) is 50.3 cm³/mol. The molecular formula is C7H10N4O2. The Morgan fingerprint density at radius 1 is 1.46 bits per heavy atom. The van der Waals surface area contributed by atoms with E-state index >= 15 is 0 Å². The van der Waals surface area contributed by atoms with Crippen molar-refractivity contribution in [2.75, 3.05) is 11.5 Å². The number of hydrogen-bond acceptors (Lipinski definition) is 4. The lowest BCUT2D eigenvalue weighted by Crippen LogP contribution is -2.36.